The molecule has 202 valence electrons. The van der Waals surface area contributed by atoms with E-state index in [-0.39, 0.29) is 11.8 Å². The van der Waals surface area contributed by atoms with Crippen molar-refractivity contribution in [2.24, 2.45) is 0 Å². The molecule has 0 radical (unpaired) electrons. The molecule has 0 bridgehead atoms. The maximum absolute atomic E-state index is 13.3. The monoisotopic (exact) mass is 545 g/mol. The first-order chi connectivity index (χ1) is 18.7. The summed E-state index contributed by atoms with van der Waals surface area (Å²) in [5.41, 5.74) is 5.72. The number of nitrogens with zero attached hydrogens (tertiary/aromatic N) is 3. The minimum absolute atomic E-state index is 0.0427. The summed E-state index contributed by atoms with van der Waals surface area (Å²) in [7, 11) is 7.80. The maximum atomic E-state index is 13.3. The van der Waals surface area contributed by atoms with Crippen LogP contribution in [0.5, 0.6) is 5.75 Å². The molecule has 8 nitrogen and oxygen atoms in total. The van der Waals surface area contributed by atoms with Crippen LogP contribution in [0, 0.1) is 0 Å². The normalized spacial score (nSPS) is 15.3. The molecule has 5 rings (SSSR count). The van der Waals surface area contributed by atoms with Gasteiger partial charge >= 0.3 is 0 Å². The molecule has 0 saturated carbocycles. The molecule has 2 N–H and O–H groups in total. The number of anilines is 3. The summed E-state index contributed by atoms with van der Waals surface area (Å²) in [6.07, 6.45) is 0. The number of hydrogen-bond donors (Lipinski definition) is 2. The van der Waals surface area contributed by atoms with Gasteiger partial charge in [0.15, 0.2) is 0 Å². The Kier molecular flexibility index (Phi) is 7.50. The van der Waals surface area contributed by atoms with Crippen LogP contribution >= 0.6 is 11.6 Å². The van der Waals surface area contributed by atoms with E-state index in [9.17, 15) is 9.59 Å². The SMILES string of the molecule is CN(C)CCN(C)C(=O)c1ccc(NC(=C2C(=O)Nc3cc(Cl)ccc32)c2ccc3c(c2)OCCN3C)cc1. The molecule has 2 heterocycles. The van der Waals surface area contributed by atoms with Crippen LogP contribution in [0.3, 0.4) is 0 Å². The Bertz CT molecular complexity index is 1450. The van der Waals surface area contributed by atoms with Gasteiger partial charge in [-0.1, -0.05) is 23.7 Å². The van der Waals surface area contributed by atoms with Gasteiger partial charge in [0.25, 0.3) is 11.8 Å². The fourth-order valence-electron chi connectivity index (χ4n) is 4.70. The number of halogens is 1. The summed E-state index contributed by atoms with van der Waals surface area (Å²) in [6, 6.07) is 18.6. The maximum Gasteiger partial charge on any atom is 0.258 e. The molecule has 0 atom stereocenters. The predicted octanol–water partition coefficient (Wildman–Crippen LogP) is 4.73. The van der Waals surface area contributed by atoms with E-state index in [1.54, 1.807) is 36.2 Å². The van der Waals surface area contributed by atoms with Gasteiger partial charge in [-0.3, -0.25) is 9.59 Å². The quantitative estimate of drug-likeness (QED) is 0.418. The van der Waals surface area contributed by atoms with Gasteiger partial charge in [0.2, 0.25) is 0 Å². The lowest BCUT2D eigenvalue weighted by Gasteiger charge is -2.28. The van der Waals surface area contributed by atoms with Crippen molar-refractivity contribution in [3.8, 4) is 5.75 Å². The standard InChI is InChI=1S/C30H32ClN5O3/c1-34(2)13-14-36(4)30(38)19-5-9-22(10-6-19)32-28(20-7-12-25-26(17-20)39-16-15-35(25)3)27-23-11-8-21(31)18-24(23)33-29(27)37/h5-12,17-18,32H,13-16H2,1-4H3,(H,33,37). The van der Waals surface area contributed by atoms with E-state index in [1.165, 1.54) is 0 Å². The molecule has 0 unspecified atom stereocenters. The van der Waals surface area contributed by atoms with Crippen molar-refractivity contribution < 1.29 is 14.3 Å². The molecule has 0 fully saturated rings. The summed E-state index contributed by atoms with van der Waals surface area (Å²) in [5.74, 6) is 0.497. The highest BCUT2D eigenvalue weighted by Gasteiger charge is 2.29. The van der Waals surface area contributed by atoms with Crippen molar-refractivity contribution >= 4 is 51.7 Å². The lowest BCUT2D eigenvalue weighted by Crippen LogP contribution is -2.33. The van der Waals surface area contributed by atoms with Gasteiger partial charge in [0.05, 0.1) is 29.2 Å². The van der Waals surface area contributed by atoms with Crippen molar-refractivity contribution in [3.63, 3.8) is 0 Å². The summed E-state index contributed by atoms with van der Waals surface area (Å²) in [4.78, 5) is 32.1. The summed E-state index contributed by atoms with van der Waals surface area (Å²) < 4.78 is 5.95. The third-order valence-electron chi connectivity index (χ3n) is 6.95. The number of carbonyl (C=O) groups is 2. The third-order valence-corrected chi connectivity index (χ3v) is 7.19. The average Bonchev–Trinajstić information content (AvgIpc) is 3.24. The number of ether oxygens (including phenoxy) is 1. The van der Waals surface area contributed by atoms with Crippen LogP contribution < -0.4 is 20.3 Å². The molecule has 0 spiro atoms. The number of likely N-dealkylation sites (N-methyl/N-ethyl adjacent to an activating group) is 3. The fraction of sp³-hybridized carbons (Fsp3) is 0.267. The van der Waals surface area contributed by atoms with Gasteiger partial charge < -0.3 is 30.1 Å². The second-order valence-corrected chi connectivity index (χ2v) is 10.5. The van der Waals surface area contributed by atoms with Crippen molar-refractivity contribution in [3.05, 3.63) is 82.4 Å². The highest BCUT2D eigenvalue weighted by Crippen LogP contribution is 2.41. The van der Waals surface area contributed by atoms with Crippen LogP contribution in [-0.4, -0.2) is 76.0 Å². The highest BCUT2D eigenvalue weighted by atomic mass is 35.5. The Hall–Kier alpha value is -4.01. The number of nitrogens with one attached hydrogen (secondary N) is 2. The predicted molar refractivity (Wildman–Crippen MR) is 158 cm³/mol. The molecule has 0 saturated heterocycles. The molecule has 3 aromatic rings. The molecule has 2 amide bonds. The average molecular weight is 546 g/mol. The van der Waals surface area contributed by atoms with E-state index in [0.717, 1.165) is 41.3 Å². The zero-order valence-corrected chi connectivity index (χ0v) is 23.3. The van der Waals surface area contributed by atoms with Crippen LogP contribution in [0.2, 0.25) is 5.02 Å². The van der Waals surface area contributed by atoms with E-state index in [2.05, 4.69) is 15.5 Å². The first kappa shape index (κ1) is 26.6. The Balaban J connectivity index is 1.51. The fourth-order valence-corrected chi connectivity index (χ4v) is 4.87. The first-order valence-corrected chi connectivity index (χ1v) is 13.2. The summed E-state index contributed by atoms with van der Waals surface area (Å²) in [6.45, 7) is 2.82. The van der Waals surface area contributed by atoms with Crippen molar-refractivity contribution in [2.45, 2.75) is 0 Å². The van der Waals surface area contributed by atoms with Crippen LogP contribution in [0.15, 0.2) is 60.7 Å². The minimum Gasteiger partial charge on any atom is -0.490 e. The number of hydrogen-bond acceptors (Lipinski definition) is 6. The van der Waals surface area contributed by atoms with E-state index in [4.69, 9.17) is 16.3 Å². The molecular formula is C30H32ClN5O3. The number of fused-ring (bicyclic) bond motifs is 2. The van der Waals surface area contributed by atoms with Gasteiger partial charge in [-0.25, -0.2) is 0 Å². The molecule has 2 aliphatic heterocycles. The lowest BCUT2D eigenvalue weighted by atomic mass is 9.99. The number of rotatable bonds is 7. The second kappa shape index (κ2) is 11.0. The van der Waals surface area contributed by atoms with E-state index < -0.39 is 0 Å². The van der Waals surface area contributed by atoms with Gasteiger partial charge in [0, 0.05) is 54.6 Å². The Morgan fingerprint density at radius 3 is 2.51 bits per heavy atom. The number of benzene rings is 3. The number of carbonyl (C=O) groups excluding carboxylic acids is 2. The third kappa shape index (κ3) is 5.57. The molecule has 3 aromatic carbocycles. The van der Waals surface area contributed by atoms with Gasteiger partial charge in [0.1, 0.15) is 12.4 Å². The first-order valence-electron chi connectivity index (χ1n) is 12.8. The van der Waals surface area contributed by atoms with E-state index in [0.29, 0.717) is 40.7 Å². The molecule has 9 heteroatoms. The van der Waals surface area contributed by atoms with Gasteiger partial charge in [-0.05, 0) is 62.6 Å². The topological polar surface area (TPSA) is 77.1 Å². The van der Waals surface area contributed by atoms with E-state index >= 15 is 0 Å². The van der Waals surface area contributed by atoms with Crippen molar-refractivity contribution in [2.75, 3.05) is 70.0 Å². The van der Waals surface area contributed by atoms with E-state index in [1.807, 2.05) is 62.4 Å². The second-order valence-electron chi connectivity index (χ2n) is 10.1. The largest absolute Gasteiger partial charge is 0.490 e. The van der Waals surface area contributed by atoms with Crippen molar-refractivity contribution in [1.29, 1.82) is 0 Å². The molecule has 39 heavy (non-hydrogen) atoms. The minimum atomic E-state index is -0.222. The van der Waals surface area contributed by atoms with Gasteiger partial charge in [-0.15, -0.1) is 0 Å². The van der Waals surface area contributed by atoms with Crippen LogP contribution in [0.4, 0.5) is 17.1 Å². The Morgan fingerprint density at radius 1 is 1.03 bits per heavy atom. The lowest BCUT2D eigenvalue weighted by molar-refractivity contribution is -0.110. The smallest absolute Gasteiger partial charge is 0.258 e. The number of amides is 2. The molecule has 0 aliphatic carbocycles. The van der Waals surface area contributed by atoms with Crippen LogP contribution in [0.1, 0.15) is 21.5 Å². The Labute approximate surface area is 233 Å². The van der Waals surface area contributed by atoms with Gasteiger partial charge in [-0.2, -0.15) is 0 Å². The highest BCUT2D eigenvalue weighted by molar-refractivity contribution is 6.38. The Morgan fingerprint density at radius 2 is 1.77 bits per heavy atom. The molecular weight excluding hydrogens is 514 g/mol. The molecule has 2 aliphatic rings. The van der Waals surface area contributed by atoms with Crippen LogP contribution in [-0.2, 0) is 4.79 Å². The summed E-state index contributed by atoms with van der Waals surface area (Å²) >= 11 is 6.20. The van der Waals surface area contributed by atoms with Crippen molar-refractivity contribution in [1.82, 2.24) is 9.80 Å². The molecule has 0 aromatic heterocycles. The summed E-state index contributed by atoms with van der Waals surface area (Å²) in [5, 5.41) is 6.94. The zero-order valence-electron chi connectivity index (χ0n) is 22.5. The zero-order chi connectivity index (χ0) is 27.7. The van der Waals surface area contributed by atoms with Crippen LogP contribution in [0.25, 0.3) is 11.3 Å².